The van der Waals surface area contributed by atoms with Crippen LogP contribution >= 0.6 is 0 Å². The van der Waals surface area contributed by atoms with Crippen molar-refractivity contribution in [2.24, 2.45) is 5.10 Å². The van der Waals surface area contributed by atoms with Crippen molar-refractivity contribution in [2.45, 2.75) is 38.0 Å². The third-order valence-corrected chi connectivity index (χ3v) is 6.62. The van der Waals surface area contributed by atoms with Gasteiger partial charge in [-0.3, -0.25) is 4.79 Å². The molecule has 1 unspecified atom stereocenters. The fraction of sp³-hybridized carbons (Fsp3) is 0.417. The van der Waals surface area contributed by atoms with Crippen LogP contribution in [-0.4, -0.2) is 54.6 Å². The Balaban J connectivity index is 1.55. The molecule has 1 spiro atoms. The molecule has 7 nitrogen and oxygen atoms in total. The average Bonchev–Trinajstić information content (AvgIpc) is 3.25. The van der Waals surface area contributed by atoms with E-state index in [9.17, 15) is 4.79 Å². The molecule has 31 heavy (non-hydrogen) atoms. The Labute approximate surface area is 182 Å². The molecule has 3 heterocycles. The number of hydrogen-bond donors (Lipinski definition) is 0. The SMILES string of the molecule is COc1ccc(C2=NN3C(C2)c2ccccc2OC32CCN(C(C)=O)CC2)c(OC)c1. The highest BCUT2D eigenvalue weighted by Gasteiger charge is 2.52. The molecule has 0 aliphatic carbocycles. The van der Waals surface area contributed by atoms with Gasteiger partial charge in [0, 0.05) is 56.5 Å². The van der Waals surface area contributed by atoms with E-state index in [0.29, 0.717) is 25.9 Å². The first-order chi connectivity index (χ1) is 15.0. The molecule has 2 aromatic carbocycles. The summed E-state index contributed by atoms with van der Waals surface area (Å²) in [5, 5.41) is 7.24. The Hall–Kier alpha value is -3.22. The standard InChI is InChI=1S/C24H27N3O4/c1-16(28)26-12-10-24(11-13-26)27-21(19-6-4-5-7-22(19)31-24)15-20(25-27)18-9-8-17(29-2)14-23(18)30-3/h4-9,14,21H,10-13,15H2,1-3H3. The highest BCUT2D eigenvalue weighted by Crippen LogP contribution is 2.50. The minimum absolute atomic E-state index is 0.0932. The van der Waals surface area contributed by atoms with Crippen LogP contribution in [0.5, 0.6) is 17.2 Å². The number of hydrogen-bond acceptors (Lipinski definition) is 6. The van der Waals surface area contributed by atoms with Crippen LogP contribution in [0, 0.1) is 0 Å². The Morgan fingerprint density at radius 3 is 2.61 bits per heavy atom. The minimum atomic E-state index is -0.549. The number of piperidine rings is 1. The van der Waals surface area contributed by atoms with Crippen molar-refractivity contribution in [1.82, 2.24) is 9.91 Å². The van der Waals surface area contributed by atoms with Crippen molar-refractivity contribution in [2.75, 3.05) is 27.3 Å². The van der Waals surface area contributed by atoms with E-state index in [4.69, 9.17) is 19.3 Å². The maximum Gasteiger partial charge on any atom is 0.219 e. The lowest BCUT2D eigenvalue weighted by Gasteiger charge is -2.51. The molecule has 3 aliphatic rings. The smallest absolute Gasteiger partial charge is 0.219 e. The molecule has 162 valence electrons. The van der Waals surface area contributed by atoms with Crippen LogP contribution in [0.4, 0.5) is 0 Å². The quantitative estimate of drug-likeness (QED) is 0.758. The number of ether oxygens (including phenoxy) is 3. The van der Waals surface area contributed by atoms with Crippen LogP contribution in [0.2, 0.25) is 0 Å². The molecule has 0 N–H and O–H groups in total. The number of fused-ring (bicyclic) bond motifs is 4. The average molecular weight is 421 g/mol. The fourth-order valence-corrected chi connectivity index (χ4v) is 4.93. The lowest BCUT2D eigenvalue weighted by molar-refractivity contribution is -0.158. The first-order valence-electron chi connectivity index (χ1n) is 10.7. The van der Waals surface area contributed by atoms with Gasteiger partial charge >= 0.3 is 0 Å². The van der Waals surface area contributed by atoms with E-state index in [2.05, 4.69) is 11.1 Å². The second kappa shape index (κ2) is 7.48. The number of hydrazone groups is 1. The summed E-state index contributed by atoms with van der Waals surface area (Å²) in [6, 6.07) is 14.1. The Morgan fingerprint density at radius 1 is 1.13 bits per heavy atom. The topological polar surface area (TPSA) is 63.6 Å². The van der Waals surface area contributed by atoms with E-state index in [1.54, 1.807) is 21.1 Å². The van der Waals surface area contributed by atoms with Crippen molar-refractivity contribution in [1.29, 1.82) is 0 Å². The minimum Gasteiger partial charge on any atom is -0.497 e. The first kappa shape index (κ1) is 19.7. The number of carbonyl (C=O) groups excluding carboxylic acids is 1. The highest BCUT2D eigenvalue weighted by atomic mass is 16.5. The zero-order chi connectivity index (χ0) is 21.6. The summed E-state index contributed by atoms with van der Waals surface area (Å²) >= 11 is 0. The van der Waals surface area contributed by atoms with E-state index in [-0.39, 0.29) is 11.9 Å². The van der Waals surface area contributed by atoms with Crippen molar-refractivity contribution < 1.29 is 19.0 Å². The monoisotopic (exact) mass is 421 g/mol. The predicted octanol–water partition coefficient (Wildman–Crippen LogP) is 3.59. The van der Waals surface area contributed by atoms with Crippen LogP contribution in [-0.2, 0) is 4.79 Å². The lowest BCUT2D eigenvalue weighted by Crippen LogP contribution is -2.59. The van der Waals surface area contributed by atoms with E-state index in [1.807, 2.05) is 41.3 Å². The molecule has 0 radical (unpaired) electrons. The van der Waals surface area contributed by atoms with Gasteiger partial charge in [0.1, 0.15) is 17.2 Å². The number of likely N-dealkylation sites (tertiary alicyclic amines) is 1. The molecule has 1 atom stereocenters. The molecule has 1 fully saturated rings. The third kappa shape index (κ3) is 3.19. The predicted molar refractivity (Wildman–Crippen MR) is 117 cm³/mol. The summed E-state index contributed by atoms with van der Waals surface area (Å²) < 4.78 is 17.6. The van der Waals surface area contributed by atoms with E-state index < -0.39 is 5.72 Å². The molecular formula is C24H27N3O4. The summed E-state index contributed by atoms with van der Waals surface area (Å²) in [5.41, 5.74) is 2.53. The summed E-state index contributed by atoms with van der Waals surface area (Å²) in [5.74, 6) is 2.51. The van der Waals surface area contributed by atoms with Gasteiger partial charge in [-0.05, 0) is 18.2 Å². The fourth-order valence-electron chi connectivity index (χ4n) is 4.93. The number of benzene rings is 2. The zero-order valence-electron chi connectivity index (χ0n) is 18.1. The van der Waals surface area contributed by atoms with Crippen molar-refractivity contribution in [3.05, 3.63) is 53.6 Å². The van der Waals surface area contributed by atoms with Crippen LogP contribution in [0.1, 0.15) is 43.4 Å². The Morgan fingerprint density at radius 2 is 1.90 bits per heavy atom. The number of nitrogens with zero attached hydrogens (tertiary/aromatic N) is 3. The van der Waals surface area contributed by atoms with Gasteiger partial charge < -0.3 is 19.1 Å². The summed E-state index contributed by atoms with van der Waals surface area (Å²) in [6.07, 6.45) is 2.20. The van der Waals surface area contributed by atoms with Gasteiger partial charge in [0.15, 0.2) is 0 Å². The van der Waals surface area contributed by atoms with E-state index in [0.717, 1.165) is 40.5 Å². The molecule has 1 amide bonds. The lowest BCUT2D eigenvalue weighted by atomic mass is 9.90. The van der Waals surface area contributed by atoms with Crippen molar-refractivity contribution >= 4 is 11.6 Å². The summed E-state index contributed by atoms with van der Waals surface area (Å²) in [7, 11) is 3.31. The van der Waals surface area contributed by atoms with Gasteiger partial charge in [0.05, 0.1) is 26.0 Å². The zero-order valence-corrected chi connectivity index (χ0v) is 18.1. The van der Waals surface area contributed by atoms with Gasteiger partial charge in [0.25, 0.3) is 0 Å². The molecule has 0 saturated carbocycles. The van der Waals surface area contributed by atoms with Crippen molar-refractivity contribution in [3.63, 3.8) is 0 Å². The van der Waals surface area contributed by atoms with Gasteiger partial charge in [-0.1, -0.05) is 18.2 Å². The number of methoxy groups -OCH3 is 2. The second-order valence-electron chi connectivity index (χ2n) is 8.27. The molecule has 3 aliphatic heterocycles. The van der Waals surface area contributed by atoms with Gasteiger partial charge in [0.2, 0.25) is 11.6 Å². The van der Waals surface area contributed by atoms with Gasteiger partial charge in [-0.15, -0.1) is 0 Å². The first-order valence-corrected chi connectivity index (χ1v) is 10.7. The van der Waals surface area contributed by atoms with Crippen LogP contribution in [0.15, 0.2) is 47.6 Å². The van der Waals surface area contributed by atoms with Crippen LogP contribution in [0.25, 0.3) is 0 Å². The van der Waals surface area contributed by atoms with Gasteiger partial charge in [-0.2, -0.15) is 5.10 Å². The number of carbonyl (C=O) groups is 1. The van der Waals surface area contributed by atoms with E-state index >= 15 is 0 Å². The normalized spacial score (nSPS) is 21.1. The van der Waals surface area contributed by atoms with Crippen LogP contribution < -0.4 is 14.2 Å². The molecule has 0 aromatic heterocycles. The number of rotatable bonds is 3. The maximum atomic E-state index is 11.9. The van der Waals surface area contributed by atoms with Crippen LogP contribution in [0.3, 0.4) is 0 Å². The van der Waals surface area contributed by atoms with Crippen molar-refractivity contribution in [3.8, 4) is 17.2 Å². The Bertz CT molecular complexity index is 1040. The largest absolute Gasteiger partial charge is 0.497 e. The molecule has 2 aromatic rings. The number of amides is 1. The second-order valence-corrected chi connectivity index (χ2v) is 8.27. The molecule has 5 rings (SSSR count). The number of para-hydroxylation sites is 1. The molecule has 1 saturated heterocycles. The third-order valence-electron chi connectivity index (χ3n) is 6.62. The molecular weight excluding hydrogens is 394 g/mol. The Kier molecular flexibility index (Phi) is 4.76. The highest BCUT2D eigenvalue weighted by molar-refractivity contribution is 6.04. The molecule has 7 heteroatoms. The molecule has 0 bridgehead atoms. The van der Waals surface area contributed by atoms with Gasteiger partial charge in [-0.25, -0.2) is 5.01 Å². The summed E-state index contributed by atoms with van der Waals surface area (Å²) in [4.78, 5) is 13.8. The summed E-state index contributed by atoms with van der Waals surface area (Å²) in [6.45, 7) is 2.95. The maximum absolute atomic E-state index is 11.9. The van der Waals surface area contributed by atoms with E-state index in [1.165, 1.54) is 0 Å².